The molecule has 0 fully saturated rings. The molecule has 0 bridgehead atoms. The summed E-state index contributed by atoms with van der Waals surface area (Å²) in [5.41, 5.74) is 6.83. The Hall–Kier alpha value is -1.51. The lowest BCUT2D eigenvalue weighted by atomic mass is 10.2. The lowest BCUT2D eigenvalue weighted by molar-refractivity contribution is 0.417. The van der Waals surface area contributed by atoms with E-state index in [2.05, 4.69) is 0 Å². The topological polar surface area (TPSA) is 59.1 Å². The third kappa shape index (κ3) is 1.32. The molecule has 0 aliphatic heterocycles. The number of rotatable bonds is 2. The second-order valence-corrected chi connectivity index (χ2v) is 2.11. The summed E-state index contributed by atoms with van der Waals surface area (Å²) in [7, 11) is 1.55. The number of nitrogens with two attached hydrogens (primary N) is 1. The van der Waals surface area contributed by atoms with Crippen LogP contribution >= 0.6 is 0 Å². The molecule has 3 N–H and O–H groups in total. The van der Waals surface area contributed by atoms with Gasteiger partial charge in [0.1, 0.15) is 5.75 Å². The first kappa shape index (κ1) is 7.60. The highest BCUT2D eigenvalue weighted by molar-refractivity contribution is 5.87. The molecule has 0 saturated carbocycles. The van der Waals surface area contributed by atoms with Gasteiger partial charge in [-0.05, 0) is 6.07 Å². The zero-order chi connectivity index (χ0) is 8.27. The van der Waals surface area contributed by atoms with Gasteiger partial charge in [0.05, 0.1) is 12.8 Å². The van der Waals surface area contributed by atoms with Gasteiger partial charge in [-0.3, -0.25) is 0 Å². The summed E-state index contributed by atoms with van der Waals surface area (Å²) in [6.07, 6.45) is 1.21. The van der Waals surface area contributed by atoms with Gasteiger partial charge in [-0.25, -0.2) is 0 Å². The van der Waals surface area contributed by atoms with E-state index in [4.69, 9.17) is 15.9 Å². The summed E-state index contributed by atoms with van der Waals surface area (Å²) in [5.74, 6) is 0.617. The standard InChI is InChI=1S/C8H10N2O/c1-11-7-4-2-3-6(5-9)8(7)10/h2-5,9H,10H2,1H3. The summed E-state index contributed by atoms with van der Waals surface area (Å²) >= 11 is 0. The molecule has 0 atom stereocenters. The second-order valence-electron chi connectivity index (χ2n) is 2.11. The van der Waals surface area contributed by atoms with E-state index in [0.29, 0.717) is 17.0 Å². The van der Waals surface area contributed by atoms with Crippen molar-refractivity contribution >= 4 is 11.9 Å². The maximum Gasteiger partial charge on any atom is 0.142 e. The van der Waals surface area contributed by atoms with Crippen LogP contribution in [0.4, 0.5) is 5.69 Å². The normalized spacial score (nSPS) is 9.18. The van der Waals surface area contributed by atoms with Crippen LogP contribution in [0, 0.1) is 5.41 Å². The SMILES string of the molecule is COc1cccc(C=N)c1N. The van der Waals surface area contributed by atoms with Crippen LogP contribution in [0.1, 0.15) is 5.56 Å². The maximum atomic E-state index is 7.00. The van der Waals surface area contributed by atoms with Crippen LogP contribution in [0.15, 0.2) is 18.2 Å². The van der Waals surface area contributed by atoms with Gasteiger partial charge in [0, 0.05) is 11.8 Å². The number of hydrogen-bond donors (Lipinski definition) is 2. The smallest absolute Gasteiger partial charge is 0.142 e. The van der Waals surface area contributed by atoms with E-state index in [1.165, 1.54) is 6.21 Å². The first-order valence-electron chi connectivity index (χ1n) is 3.22. The number of methoxy groups -OCH3 is 1. The molecule has 0 unspecified atom stereocenters. The maximum absolute atomic E-state index is 7.00. The van der Waals surface area contributed by atoms with E-state index >= 15 is 0 Å². The van der Waals surface area contributed by atoms with E-state index in [1.807, 2.05) is 0 Å². The summed E-state index contributed by atoms with van der Waals surface area (Å²) in [6.45, 7) is 0. The summed E-state index contributed by atoms with van der Waals surface area (Å²) in [4.78, 5) is 0. The molecule has 0 saturated heterocycles. The van der Waals surface area contributed by atoms with Crippen LogP contribution in [0.5, 0.6) is 5.75 Å². The van der Waals surface area contributed by atoms with Gasteiger partial charge in [0.15, 0.2) is 0 Å². The highest BCUT2D eigenvalue weighted by Crippen LogP contribution is 2.22. The molecule has 11 heavy (non-hydrogen) atoms. The zero-order valence-corrected chi connectivity index (χ0v) is 6.29. The van der Waals surface area contributed by atoms with Crippen molar-refractivity contribution in [2.45, 2.75) is 0 Å². The van der Waals surface area contributed by atoms with Crippen LogP contribution in [0.3, 0.4) is 0 Å². The van der Waals surface area contributed by atoms with Crippen molar-refractivity contribution in [1.82, 2.24) is 0 Å². The third-order valence-corrected chi connectivity index (χ3v) is 1.48. The average Bonchev–Trinajstić information content (AvgIpc) is 2.05. The largest absolute Gasteiger partial charge is 0.495 e. The minimum Gasteiger partial charge on any atom is -0.495 e. The molecule has 3 heteroatoms. The second kappa shape index (κ2) is 3.05. The monoisotopic (exact) mass is 150 g/mol. The van der Waals surface area contributed by atoms with Gasteiger partial charge in [0.25, 0.3) is 0 Å². The average molecular weight is 150 g/mol. The van der Waals surface area contributed by atoms with E-state index in [0.717, 1.165) is 0 Å². The minimum atomic E-state index is 0.519. The molecule has 0 heterocycles. The van der Waals surface area contributed by atoms with Crippen molar-refractivity contribution < 1.29 is 4.74 Å². The summed E-state index contributed by atoms with van der Waals surface area (Å²) in [6, 6.07) is 5.34. The highest BCUT2D eigenvalue weighted by atomic mass is 16.5. The zero-order valence-electron chi connectivity index (χ0n) is 6.29. The van der Waals surface area contributed by atoms with Crippen LogP contribution in [0.25, 0.3) is 0 Å². The van der Waals surface area contributed by atoms with Gasteiger partial charge < -0.3 is 15.9 Å². The van der Waals surface area contributed by atoms with Gasteiger partial charge in [-0.15, -0.1) is 0 Å². The number of nitrogen functional groups attached to an aromatic ring is 1. The van der Waals surface area contributed by atoms with Gasteiger partial charge in [0.2, 0.25) is 0 Å². The molecule has 1 rings (SSSR count). The fourth-order valence-corrected chi connectivity index (χ4v) is 0.865. The molecule has 1 aromatic rings. The van der Waals surface area contributed by atoms with E-state index in [1.54, 1.807) is 25.3 Å². The first-order valence-corrected chi connectivity index (χ1v) is 3.22. The predicted molar refractivity (Wildman–Crippen MR) is 45.3 cm³/mol. The summed E-state index contributed by atoms with van der Waals surface area (Å²) in [5, 5.41) is 7.00. The van der Waals surface area contributed by atoms with Crippen molar-refractivity contribution in [3.05, 3.63) is 23.8 Å². The Bertz CT molecular complexity index is 271. The Morgan fingerprint density at radius 1 is 1.55 bits per heavy atom. The molecule has 58 valence electrons. The van der Waals surface area contributed by atoms with E-state index in [-0.39, 0.29) is 0 Å². The predicted octanol–water partition coefficient (Wildman–Crippen LogP) is 1.28. The molecule has 1 aromatic carbocycles. The number of para-hydroxylation sites is 1. The number of ether oxygens (including phenoxy) is 1. The van der Waals surface area contributed by atoms with Crippen LogP contribution in [0.2, 0.25) is 0 Å². The fraction of sp³-hybridized carbons (Fsp3) is 0.125. The van der Waals surface area contributed by atoms with Crippen LogP contribution < -0.4 is 10.5 Å². The fourth-order valence-electron chi connectivity index (χ4n) is 0.865. The van der Waals surface area contributed by atoms with Gasteiger partial charge in [-0.1, -0.05) is 12.1 Å². The van der Waals surface area contributed by atoms with Crippen molar-refractivity contribution in [2.75, 3.05) is 12.8 Å². The summed E-state index contributed by atoms with van der Waals surface area (Å²) < 4.78 is 4.96. The van der Waals surface area contributed by atoms with Crippen molar-refractivity contribution in [1.29, 1.82) is 5.41 Å². The molecule has 0 aliphatic carbocycles. The molecule has 0 amide bonds. The lowest BCUT2D eigenvalue weighted by Crippen LogP contribution is -1.96. The molecule has 3 nitrogen and oxygen atoms in total. The Labute approximate surface area is 65.3 Å². The Kier molecular flexibility index (Phi) is 2.11. The van der Waals surface area contributed by atoms with E-state index in [9.17, 15) is 0 Å². The molecule has 0 aliphatic rings. The minimum absolute atomic E-state index is 0.519. The lowest BCUT2D eigenvalue weighted by Gasteiger charge is -2.05. The molecule has 0 radical (unpaired) electrons. The van der Waals surface area contributed by atoms with Gasteiger partial charge in [-0.2, -0.15) is 0 Å². The molecule has 0 aromatic heterocycles. The highest BCUT2D eigenvalue weighted by Gasteiger charge is 2.00. The Balaban J connectivity index is 3.20. The third-order valence-electron chi connectivity index (χ3n) is 1.48. The van der Waals surface area contributed by atoms with Gasteiger partial charge >= 0.3 is 0 Å². The quantitative estimate of drug-likeness (QED) is 0.492. The van der Waals surface area contributed by atoms with Crippen LogP contribution in [-0.2, 0) is 0 Å². The van der Waals surface area contributed by atoms with Crippen LogP contribution in [-0.4, -0.2) is 13.3 Å². The Morgan fingerprint density at radius 2 is 2.27 bits per heavy atom. The van der Waals surface area contributed by atoms with Crippen molar-refractivity contribution in [2.24, 2.45) is 0 Å². The Morgan fingerprint density at radius 3 is 2.82 bits per heavy atom. The number of benzene rings is 1. The van der Waals surface area contributed by atoms with E-state index < -0.39 is 0 Å². The van der Waals surface area contributed by atoms with Crippen molar-refractivity contribution in [3.8, 4) is 5.75 Å². The molecular formula is C8H10N2O. The number of anilines is 1. The molecular weight excluding hydrogens is 140 g/mol. The van der Waals surface area contributed by atoms with Crippen molar-refractivity contribution in [3.63, 3.8) is 0 Å². The number of nitrogens with one attached hydrogen (secondary N) is 1. The number of hydrogen-bond acceptors (Lipinski definition) is 3. The molecule has 0 spiro atoms. The first-order chi connectivity index (χ1) is 5.29.